The van der Waals surface area contributed by atoms with Crippen LogP contribution in [0.5, 0.6) is 0 Å². The maximum atomic E-state index is 10.8. The third kappa shape index (κ3) is 4.31. The van der Waals surface area contributed by atoms with Gasteiger partial charge in [0.1, 0.15) is 0 Å². The summed E-state index contributed by atoms with van der Waals surface area (Å²) in [5.41, 5.74) is 1.92. The molecule has 1 rings (SSSR count). The number of rotatable bonds is 5. The van der Waals surface area contributed by atoms with Crippen molar-refractivity contribution in [2.45, 2.75) is 19.9 Å². The summed E-state index contributed by atoms with van der Waals surface area (Å²) in [6.07, 6.45) is 0. The Morgan fingerprint density at radius 1 is 1.60 bits per heavy atom. The number of non-ortho nitro benzene ring substituents is 1. The molecule has 0 aliphatic heterocycles. The molecular weight excluding hydrogens is 274 g/mol. The summed E-state index contributed by atoms with van der Waals surface area (Å²) in [6, 6.07) is 6.54. The van der Waals surface area contributed by atoms with Crippen molar-refractivity contribution in [1.29, 1.82) is 0 Å². The molecule has 0 aliphatic rings. The molecule has 20 heavy (non-hydrogen) atoms. The molecule has 0 radical (unpaired) electrons. The molecule has 5 nitrogen and oxygen atoms in total. The molecule has 6 heteroatoms. The van der Waals surface area contributed by atoms with Crippen molar-refractivity contribution in [2.75, 3.05) is 13.6 Å². The summed E-state index contributed by atoms with van der Waals surface area (Å²) in [7, 11) is 1.86. The van der Waals surface area contributed by atoms with Crippen molar-refractivity contribution in [2.24, 2.45) is 0 Å². The quantitative estimate of drug-likeness (QED) is 0.391. The van der Waals surface area contributed by atoms with Crippen molar-refractivity contribution < 1.29 is 4.92 Å². The first-order valence-electron chi connectivity index (χ1n) is 6.22. The molecular formula is C14H19N3O2S. The van der Waals surface area contributed by atoms with Crippen LogP contribution in [0.4, 0.5) is 5.69 Å². The highest BCUT2D eigenvalue weighted by molar-refractivity contribution is 7.80. The maximum Gasteiger partial charge on any atom is 0.269 e. The van der Waals surface area contributed by atoms with Crippen LogP contribution in [0.2, 0.25) is 0 Å². The average molecular weight is 293 g/mol. The van der Waals surface area contributed by atoms with Crippen LogP contribution in [-0.4, -0.2) is 28.5 Å². The van der Waals surface area contributed by atoms with E-state index in [1.54, 1.807) is 12.1 Å². The Balaban J connectivity index is 2.80. The SMILES string of the molecule is C=C(C)CNC(=S)N(C)[C@H](C)c1cccc([N+](=O)[O-])c1. The number of nitrogens with one attached hydrogen (secondary N) is 1. The molecule has 108 valence electrons. The zero-order valence-electron chi connectivity index (χ0n) is 11.9. The van der Waals surface area contributed by atoms with E-state index >= 15 is 0 Å². The normalized spacial score (nSPS) is 11.6. The van der Waals surface area contributed by atoms with Crippen LogP contribution in [0.1, 0.15) is 25.5 Å². The highest BCUT2D eigenvalue weighted by Crippen LogP contribution is 2.22. The lowest BCUT2D eigenvalue weighted by Gasteiger charge is -2.28. The van der Waals surface area contributed by atoms with Gasteiger partial charge < -0.3 is 10.2 Å². The Labute approximate surface area is 124 Å². The number of thiocarbonyl (C=S) groups is 1. The third-order valence-electron chi connectivity index (χ3n) is 3.01. The summed E-state index contributed by atoms with van der Waals surface area (Å²) in [5, 5.41) is 14.5. The van der Waals surface area contributed by atoms with Crippen LogP contribution in [0.15, 0.2) is 36.4 Å². The first-order chi connectivity index (χ1) is 9.32. The minimum atomic E-state index is -0.395. The molecule has 0 aromatic heterocycles. The van der Waals surface area contributed by atoms with Crippen LogP contribution in [0.3, 0.4) is 0 Å². The van der Waals surface area contributed by atoms with Crippen molar-refractivity contribution >= 4 is 23.0 Å². The molecule has 0 saturated carbocycles. The Kier molecular flexibility index (Phi) is 5.64. The average Bonchev–Trinajstić information content (AvgIpc) is 2.43. The molecule has 0 unspecified atom stereocenters. The number of nitro benzene ring substituents is 1. The van der Waals surface area contributed by atoms with Crippen molar-refractivity contribution in [1.82, 2.24) is 10.2 Å². The minimum absolute atomic E-state index is 0.0555. The smallest absolute Gasteiger partial charge is 0.269 e. The zero-order chi connectivity index (χ0) is 15.3. The lowest BCUT2D eigenvalue weighted by atomic mass is 10.1. The van der Waals surface area contributed by atoms with Crippen LogP contribution in [0, 0.1) is 10.1 Å². The highest BCUT2D eigenvalue weighted by atomic mass is 32.1. The van der Waals surface area contributed by atoms with Crippen molar-refractivity contribution in [3.63, 3.8) is 0 Å². The van der Waals surface area contributed by atoms with E-state index in [2.05, 4.69) is 11.9 Å². The fourth-order valence-electron chi connectivity index (χ4n) is 1.65. The van der Waals surface area contributed by atoms with Gasteiger partial charge in [0.25, 0.3) is 5.69 Å². The van der Waals surface area contributed by atoms with Gasteiger partial charge in [0, 0.05) is 25.7 Å². The van der Waals surface area contributed by atoms with Crippen LogP contribution in [-0.2, 0) is 0 Å². The summed E-state index contributed by atoms with van der Waals surface area (Å²) < 4.78 is 0. The van der Waals surface area contributed by atoms with Gasteiger partial charge in [-0.1, -0.05) is 24.3 Å². The van der Waals surface area contributed by atoms with Gasteiger partial charge >= 0.3 is 0 Å². The number of benzene rings is 1. The topological polar surface area (TPSA) is 58.4 Å². The van der Waals surface area contributed by atoms with Gasteiger partial charge in [-0.2, -0.15) is 0 Å². The van der Waals surface area contributed by atoms with Gasteiger partial charge in [-0.15, -0.1) is 0 Å². The highest BCUT2D eigenvalue weighted by Gasteiger charge is 2.16. The standard InChI is InChI=1S/C14H19N3O2S/c1-10(2)9-15-14(20)16(4)11(3)12-6-5-7-13(8-12)17(18)19/h5-8,11H,1,9H2,2-4H3,(H,15,20)/t11-/m1/s1. The second-order valence-electron chi connectivity index (χ2n) is 4.75. The largest absolute Gasteiger partial charge is 0.359 e. The lowest BCUT2D eigenvalue weighted by Crippen LogP contribution is -2.39. The third-order valence-corrected chi connectivity index (χ3v) is 3.44. The van der Waals surface area contributed by atoms with Crippen LogP contribution >= 0.6 is 12.2 Å². The van der Waals surface area contributed by atoms with E-state index in [0.29, 0.717) is 11.7 Å². The number of nitrogens with zero attached hydrogens (tertiary/aromatic N) is 2. The van der Waals surface area contributed by atoms with Gasteiger partial charge in [-0.05, 0) is 31.6 Å². The van der Waals surface area contributed by atoms with Crippen molar-refractivity contribution in [3.05, 3.63) is 52.1 Å². The molecule has 0 heterocycles. The predicted molar refractivity (Wildman–Crippen MR) is 84.7 cm³/mol. The molecule has 0 bridgehead atoms. The van der Waals surface area contributed by atoms with E-state index in [9.17, 15) is 10.1 Å². The first-order valence-corrected chi connectivity index (χ1v) is 6.63. The Bertz CT molecular complexity index is 531. The van der Waals surface area contributed by atoms with Gasteiger partial charge in [0.15, 0.2) is 5.11 Å². The Morgan fingerprint density at radius 2 is 2.25 bits per heavy atom. The Morgan fingerprint density at radius 3 is 2.80 bits per heavy atom. The van der Waals surface area contributed by atoms with Gasteiger partial charge in [-0.25, -0.2) is 0 Å². The van der Waals surface area contributed by atoms with Crippen molar-refractivity contribution in [3.8, 4) is 0 Å². The Hall–Kier alpha value is -1.95. The molecule has 1 N–H and O–H groups in total. The van der Waals surface area contributed by atoms with Gasteiger partial charge in [0.2, 0.25) is 0 Å². The monoisotopic (exact) mass is 293 g/mol. The summed E-state index contributed by atoms with van der Waals surface area (Å²) in [4.78, 5) is 12.3. The van der Waals surface area contributed by atoms with E-state index in [1.165, 1.54) is 6.07 Å². The number of nitro groups is 1. The molecule has 0 amide bonds. The second-order valence-corrected chi connectivity index (χ2v) is 5.14. The molecule has 0 saturated heterocycles. The molecule has 0 fully saturated rings. The first kappa shape index (κ1) is 16.1. The number of hydrogen-bond acceptors (Lipinski definition) is 3. The summed E-state index contributed by atoms with van der Waals surface area (Å²) >= 11 is 5.30. The molecule has 1 aromatic rings. The van der Waals surface area contributed by atoms with Crippen LogP contribution < -0.4 is 5.32 Å². The van der Waals surface area contributed by atoms with Crippen LogP contribution in [0.25, 0.3) is 0 Å². The summed E-state index contributed by atoms with van der Waals surface area (Å²) in [5.74, 6) is 0. The molecule has 0 spiro atoms. The lowest BCUT2D eigenvalue weighted by molar-refractivity contribution is -0.384. The maximum absolute atomic E-state index is 10.8. The number of hydrogen-bond donors (Lipinski definition) is 1. The molecule has 1 aromatic carbocycles. The molecule has 0 aliphatic carbocycles. The van der Waals surface area contributed by atoms with E-state index < -0.39 is 4.92 Å². The predicted octanol–water partition coefficient (Wildman–Crippen LogP) is 3.04. The van der Waals surface area contributed by atoms with E-state index in [4.69, 9.17) is 12.2 Å². The van der Waals surface area contributed by atoms with E-state index in [0.717, 1.165) is 11.1 Å². The second kappa shape index (κ2) is 7.00. The zero-order valence-corrected chi connectivity index (χ0v) is 12.7. The van der Waals surface area contributed by atoms with Gasteiger partial charge in [-0.3, -0.25) is 10.1 Å². The summed E-state index contributed by atoms with van der Waals surface area (Å²) in [6.45, 7) is 8.29. The fourth-order valence-corrected chi connectivity index (χ4v) is 1.88. The molecule has 1 atom stereocenters. The van der Waals surface area contributed by atoms with E-state index in [-0.39, 0.29) is 11.7 Å². The van der Waals surface area contributed by atoms with Gasteiger partial charge in [0.05, 0.1) is 11.0 Å². The fraction of sp³-hybridized carbons (Fsp3) is 0.357. The minimum Gasteiger partial charge on any atom is -0.359 e. The van der Waals surface area contributed by atoms with E-state index in [1.807, 2.05) is 31.9 Å².